The van der Waals surface area contributed by atoms with Crippen LogP contribution in [0.2, 0.25) is 0 Å². The van der Waals surface area contributed by atoms with E-state index in [0.29, 0.717) is 46.0 Å². The molecule has 0 unspecified atom stereocenters. The van der Waals surface area contributed by atoms with Crippen LogP contribution >= 0.6 is 0 Å². The quantitative estimate of drug-likeness (QED) is 0.802. The smallest absolute Gasteiger partial charge is 0.282 e. The lowest BCUT2D eigenvalue weighted by molar-refractivity contribution is -0.00846. The van der Waals surface area contributed by atoms with Gasteiger partial charge in [-0.05, 0) is 6.07 Å². The van der Waals surface area contributed by atoms with Crippen molar-refractivity contribution >= 4 is 10.2 Å². The summed E-state index contributed by atoms with van der Waals surface area (Å²) in [4.78, 5) is 0. The van der Waals surface area contributed by atoms with E-state index in [2.05, 4.69) is 10.2 Å². The van der Waals surface area contributed by atoms with E-state index in [1.807, 2.05) is 0 Å². The third kappa shape index (κ3) is 2.72. The van der Waals surface area contributed by atoms with Crippen molar-refractivity contribution in [1.82, 2.24) is 18.8 Å². The minimum atomic E-state index is -3.44. The standard InChI is InChI=1S/C11H18N4O4S/c16-20(17,14-3-6-18-7-4-14)15-5-8-19-11(9-15)10-1-2-12-13-10/h1-2,11H,3-9H2,(H,12,13)/t11-/m0/s1. The molecule has 0 bridgehead atoms. The average molecular weight is 302 g/mol. The summed E-state index contributed by atoms with van der Waals surface area (Å²) in [7, 11) is -3.44. The molecule has 9 heteroatoms. The number of H-pyrrole nitrogens is 1. The molecule has 2 aliphatic heterocycles. The summed E-state index contributed by atoms with van der Waals surface area (Å²) < 4.78 is 38.9. The Labute approximate surface area is 117 Å². The predicted octanol–water partition coefficient (Wildman–Crippen LogP) is -0.640. The van der Waals surface area contributed by atoms with Gasteiger partial charge in [0.15, 0.2) is 0 Å². The van der Waals surface area contributed by atoms with Crippen molar-refractivity contribution in [3.05, 3.63) is 18.0 Å². The first-order valence-corrected chi connectivity index (χ1v) is 8.01. The summed E-state index contributed by atoms with van der Waals surface area (Å²) in [5, 5.41) is 6.70. The lowest BCUT2D eigenvalue weighted by Gasteiger charge is -2.36. The number of aromatic amines is 1. The zero-order chi connectivity index (χ0) is 14.0. The third-order valence-corrected chi connectivity index (χ3v) is 5.52. The van der Waals surface area contributed by atoms with Gasteiger partial charge in [-0.25, -0.2) is 0 Å². The molecule has 0 aromatic carbocycles. The second kappa shape index (κ2) is 5.78. The Balaban J connectivity index is 1.72. The van der Waals surface area contributed by atoms with Crippen LogP contribution in [0.5, 0.6) is 0 Å². The highest BCUT2D eigenvalue weighted by atomic mass is 32.2. The van der Waals surface area contributed by atoms with Crippen LogP contribution in [0.1, 0.15) is 11.8 Å². The highest BCUT2D eigenvalue weighted by molar-refractivity contribution is 7.86. The van der Waals surface area contributed by atoms with E-state index in [0.717, 1.165) is 5.69 Å². The molecule has 3 rings (SSSR count). The number of morpholine rings is 2. The molecule has 0 radical (unpaired) electrons. The van der Waals surface area contributed by atoms with Gasteiger partial charge in [-0.2, -0.15) is 22.1 Å². The molecule has 1 N–H and O–H groups in total. The molecule has 0 aliphatic carbocycles. The second-order valence-electron chi connectivity index (χ2n) is 4.75. The van der Waals surface area contributed by atoms with Crippen molar-refractivity contribution in [2.75, 3.05) is 46.0 Å². The molecule has 0 spiro atoms. The fourth-order valence-electron chi connectivity index (χ4n) is 2.41. The largest absolute Gasteiger partial charge is 0.379 e. The Bertz CT molecular complexity index is 527. The molecule has 1 atom stereocenters. The van der Waals surface area contributed by atoms with Crippen LogP contribution in [0.15, 0.2) is 12.3 Å². The second-order valence-corrected chi connectivity index (χ2v) is 6.68. The van der Waals surface area contributed by atoms with Gasteiger partial charge in [0, 0.05) is 32.4 Å². The highest BCUT2D eigenvalue weighted by Gasteiger charge is 2.35. The summed E-state index contributed by atoms with van der Waals surface area (Å²) in [5.41, 5.74) is 0.798. The zero-order valence-corrected chi connectivity index (χ0v) is 11.9. The fraction of sp³-hybridized carbons (Fsp3) is 0.727. The van der Waals surface area contributed by atoms with Gasteiger partial charge in [0.25, 0.3) is 10.2 Å². The molecular weight excluding hydrogens is 284 g/mol. The van der Waals surface area contributed by atoms with Crippen LogP contribution in [0.3, 0.4) is 0 Å². The summed E-state index contributed by atoms with van der Waals surface area (Å²) in [5.74, 6) is 0. The number of hydrogen-bond acceptors (Lipinski definition) is 5. The summed E-state index contributed by atoms with van der Waals surface area (Å²) in [6, 6.07) is 1.80. The van der Waals surface area contributed by atoms with Crippen LogP contribution in [0.25, 0.3) is 0 Å². The van der Waals surface area contributed by atoms with Crippen LogP contribution in [0.4, 0.5) is 0 Å². The van der Waals surface area contributed by atoms with Gasteiger partial charge >= 0.3 is 0 Å². The number of hydrogen-bond donors (Lipinski definition) is 1. The molecular formula is C11H18N4O4S. The maximum atomic E-state index is 12.6. The first-order valence-electron chi connectivity index (χ1n) is 6.62. The Morgan fingerprint density at radius 2 is 1.95 bits per heavy atom. The predicted molar refractivity (Wildman–Crippen MR) is 70.2 cm³/mol. The molecule has 0 saturated carbocycles. The van der Waals surface area contributed by atoms with Crippen LogP contribution in [0, 0.1) is 0 Å². The zero-order valence-electron chi connectivity index (χ0n) is 11.1. The van der Waals surface area contributed by atoms with E-state index in [1.165, 1.54) is 8.61 Å². The van der Waals surface area contributed by atoms with E-state index in [1.54, 1.807) is 12.3 Å². The molecule has 1 aromatic heterocycles. The van der Waals surface area contributed by atoms with Crippen LogP contribution in [-0.4, -0.2) is 73.2 Å². The molecule has 3 heterocycles. The van der Waals surface area contributed by atoms with Crippen molar-refractivity contribution in [3.8, 4) is 0 Å². The SMILES string of the molecule is O=S(=O)(N1CCOCC1)N1CCO[C@H](c2ccn[nH]2)C1. The maximum Gasteiger partial charge on any atom is 0.282 e. The molecule has 2 aliphatic rings. The molecule has 112 valence electrons. The maximum absolute atomic E-state index is 12.6. The van der Waals surface area contributed by atoms with Crippen molar-refractivity contribution in [2.24, 2.45) is 0 Å². The van der Waals surface area contributed by atoms with Gasteiger partial charge in [-0.1, -0.05) is 0 Å². The Morgan fingerprint density at radius 3 is 2.65 bits per heavy atom. The highest BCUT2D eigenvalue weighted by Crippen LogP contribution is 2.23. The molecule has 0 amide bonds. The Kier molecular flexibility index (Phi) is 4.03. The van der Waals surface area contributed by atoms with Crippen molar-refractivity contribution in [2.45, 2.75) is 6.10 Å². The fourth-order valence-corrected chi connectivity index (χ4v) is 3.98. The first-order chi connectivity index (χ1) is 9.68. The van der Waals surface area contributed by atoms with E-state index >= 15 is 0 Å². The van der Waals surface area contributed by atoms with Crippen molar-refractivity contribution in [1.29, 1.82) is 0 Å². The molecule has 2 saturated heterocycles. The van der Waals surface area contributed by atoms with Gasteiger partial charge in [-0.3, -0.25) is 5.10 Å². The number of nitrogens with one attached hydrogen (secondary N) is 1. The van der Waals surface area contributed by atoms with E-state index < -0.39 is 10.2 Å². The van der Waals surface area contributed by atoms with Crippen LogP contribution < -0.4 is 0 Å². The van der Waals surface area contributed by atoms with Gasteiger partial charge < -0.3 is 9.47 Å². The first kappa shape index (κ1) is 14.0. The van der Waals surface area contributed by atoms with Crippen molar-refractivity contribution < 1.29 is 17.9 Å². The van der Waals surface area contributed by atoms with Crippen molar-refractivity contribution in [3.63, 3.8) is 0 Å². The van der Waals surface area contributed by atoms with Gasteiger partial charge in [0.05, 0.1) is 25.5 Å². The van der Waals surface area contributed by atoms with Gasteiger partial charge in [-0.15, -0.1) is 0 Å². The van der Waals surface area contributed by atoms with E-state index in [9.17, 15) is 8.42 Å². The Morgan fingerprint density at radius 1 is 1.20 bits per heavy atom. The minimum absolute atomic E-state index is 0.290. The lowest BCUT2D eigenvalue weighted by atomic mass is 10.2. The lowest BCUT2D eigenvalue weighted by Crippen LogP contribution is -2.52. The number of ether oxygens (including phenoxy) is 2. The average Bonchev–Trinajstić information content (AvgIpc) is 3.03. The topological polar surface area (TPSA) is 87.8 Å². The van der Waals surface area contributed by atoms with Crippen LogP contribution in [-0.2, 0) is 19.7 Å². The molecule has 8 nitrogen and oxygen atoms in total. The van der Waals surface area contributed by atoms with E-state index in [-0.39, 0.29) is 6.10 Å². The number of aromatic nitrogens is 2. The summed E-state index contributed by atoms with van der Waals surface area (Å²) >= 11 is 0. The number of rotatable bonds is 3. The summed E-state index contributed by atoms with van der Waals surface area (Å²) in [6.07, 6.45) is 1.34. The van der Waals surface area contributed by atoms with Gasteiger partial charge in [0.1, 0.15) is 6.10 Å². The molecule has 1 aromatic rings. The number of nitrogens with zero attached hydrogens (tertiary/aromatic N) is 3. The normalized spacial score (nSPS) is 26.7. The summed E-state index contributed by atoms with van der Waals surface area (Å²) in [6.45, 7) is 2.80. The third-order valence-electron chi connectivity index (χ3n) is 3.52. The van der Waals surface area contributed by atoms with Gasteiger partial charge in [0.2, 0.25) is 0 Å². The van der Waals surface area contributed by atoms with E-state index in [4.69, 9.17) is 9.47 Å². The monoisotopic (exact) mass is 302 g/mol. The Hall–Kier alpha value is -1.00. The molecule has 2 fully saturated rings. The molecule has 20 heavy (non-hydrogen) atoms. The minimum Gasteiger partial charge on any atom is -0.379 e.